The van der Waals surface area contributed by atoms with E-state index in [9.17, 15) is 24.0 Å². The molecule has 3 amide bonds. The zero-order valence-corrected chi connectivity index (χ0v) is 22.0. The van der Waals surface area contributed by atoms with Gasteiger partial charge in [-0.15, -0.1) is 0 Å². The van der Waals surface area contributed by atoms with Crippen LogP contribution in [0.2, 0.25) is 10.0 Å². The van der Waals surface area contributed by atoms with Crippen molar-refractivity contribution < 1.29 is 28.7 Å². The lowest BCUT2D eigenvalue weighted by Gasteiger charge is -2.29. The Bertz CT molecular complexity index is 1390. The average molecular weight is 604 g/mol. The van der Waals surface area contributed by atoms with Gasteiger partial charge in [0.1, 0.15) is 12.3 Å². The highest BCUT2D eigenvalue weighted by Gasteiger charge is 2.38. The van der Waals surface area contributed by atoms with Gasteiger partial charge in [0.25, 0.3) is 5.91 Å². The summed E-state index contributed by atoms with van der Waals surface area (Å²) >= 11 is 15.2. The van der Waals surface area contributed by atoms with Crippen LogP contribution in [0.15, 0.2) is 71.2 Å². The Hall–Kier alpha value is -3.53. The fraction of sp³-hybridized carbons (Fsp3) is 0.115. The van der Waals surface area contributed by atoms with Crippen LogP contribution >= 0.6 is 39.1 Å². The fourth-order valence-electron chi connectivity index (χ4n) is 3.53. The first-order chi connectivity index (χ1) is 17.6. The predicted octanol–water partition coefficient (Wildman–Crippen LogP) is 5.36. The summed E-state index contributed by atoms with van der Waals surface area (Å²) in [4.78, 5) is 63.4. The smallest absolute Gasteiger partial charge is 0.343 e. The van der Waals surface area contributed by atoms with Crippen LogP contribution < -0.4 is 4.74 Å². The van der Waals surface area contributed by atoms with Crippen molar-refractivity contribution in [2.75, 3.05) is 6.54 Å². The van der Waals surface area contributed by atoms with Gasteiger partial charge in [0.05, 0.1) is 15.6 Å². The highest BCUT2D eigenvalue weighted by molar-refractivity contribution is 9.10. The number of carbonyl (C=O) groups is 5. The van der Waals surface area contributed by atoms with E-state index in [-0.39, 0.29) is 39.8 Å². The largest absolute Gasteiger partial charge is 0.423 e. The van der Waals surface area contributed by atoms with Crippen molar-refractivity contribution in [2.24, 2.45) is 0 Å². The number of rotatable bonds is 7. The Morgan fingerprint density at radius 2 is 1.38 bits per heavy atom. The minimum atomic E-state index is -0.768. The number of halogens is 3. The first kappa shape index (κ1) is 26.5. The summed E-state index contributed by atoms with van der Waals surface area (Å²) in [5.41, 5.74) is 0.569. The van der Waals surface area contributed by atoms with Crippen LogP contribution in [-0.2, 0) is 9.59 Å². The summed E-state index contributed by atoms with van der Waals surface area (Å²) < 4.78 is 6.15. The van der Waals surface area contributed by atoms with E-state index in [0.29, 0.717) is 10.6 Å². The molecule has 3 aromatic carbocycles. The van der Waals surface area contributed by atoms with Gasteiger partial charge in [0, 0.05) is 28.4 Å². The summed E-state index contributed by atoms with van der Waals surface area (Å²) in [5, 5.41) is 1.82. The van der Waals surface area contributed by atoms with Crippen molar-refractivity contribution >= 4 is 68.6 Å². The number of hydrogen-bond acceptors (Lipinski definition) is 6. The van der Waals surface area contributed by atoms with Crippen molar-refractivity contribution in [3.05, 3.63) is 97.9 Å². The van der Waals surface area contributed by atoms with Crippen molar-refractivity contribution in [3.8, 4) is 5.75 Å². The number of nitrogens with zero attached hydrogens (tertiary/aromatic N) is 2. The Morgan fingerprint density at radius 3 is 1.97 bits per heavy atom. The molecular formula is C26H17BrCl2N2O6. The molecule has 0 N–H and O–H groups in total. The summed E-state index contributed by atoms with van der Waals surface area (Å²) in [7, 11) is 0. The van der Waals surface area contributed by atoms with Crippen LogP contribution in [0.4, 0.5) is 0 Å². The van der Waals surface area contributed by atoms with E-state index in [2.05, 4.69) is 15.9 Å². The Labute approximate surface area is 229 Å². The molecule has 8 nitrogen and oxygen atoms in total. The number of Topliss-reactive ketones (excluding diaryl/α,β-unsaturated/α-hetero) is 1. The number of ketones is 1. The van der Waals surface area contributed by atoms with E-state index in [1.54, 1.807) is 24.3 Å². The van der Waals surface area contributed by atoms with Crippen LogP contribution in [0.3, 0.4) is 0 Å². The molecule has 0 aliphatic carbocycles. The second kappa shape index (κ2) is 11.2. The van der Waals surface area contributed by atoms with Gasteiger partial charge < -0.3 is 4.74 Å². The summed E-state index contributed by atoms with van der Waals surface area (Å²) in [5.74, 6) is -2.88. The normalized spacial score (nSPS) is 13.0. The van der Waals surface area contributed by atoms with E-state index in [0.717, 1.165) is 9.48 Å². The zero-order valence-electron chi connectivity index (χ0n) is 18.9. The third kappa shape index (κ3) is 6.07. The molecule has 0 aromatic heterocycles. The van der Waals surface area contributed by atoms with Crippen molar-refractivity contribution in [2.45, 2.75) is 12.8 Å². The molecule has 37 heavy (non-hydrogen) atoms. The highest BCUT2D eigenvalue weighted by atomic mass is 79.9. The van der Waals surface area contributed by atoms with Gasteiger partial charge in [-0.25, -0.2) is 9.80 Å². The van der Waals surface area contributed by atoms with Gasteiger partial charge in [0.15, 0.2) is 5.78 Å². The maximum atomic E-state index is 13.2. The molecule has 0 saturated carbocycles. The second-order valence-electron chi connectivity index (χ2n) is 7.93. The lowest BCUT2D eigenvalue weighted by Crippen LogP contribution is -2.51. The SMILES string of the molecule is O=C(CN(C(=O)c1ccc(Cl)c(Cl)c1)N1C(=O)CCC1=O)c1ccc(OC(=O)c2ccc(Br)cc2)cc1. The molecule has 3 aromatic rings. The summed E-state index contributed by atoms with van der Waals surface area (Å²) in [6.45, 7) is -0.589. The van der Waals surface area contributed by atoms with Crippen molar-refractivity contribution in [3.63, 3.8) is 0 Å². The van der Waals surface area contributed by atoms with Gasteiger partial charge in [-0.2, -0.15) is 5.01 Å². The van der Waals surface area contributed by atoms with E-state index in [1.807, 2.05) is 0 Å². The number of ether oxygens (including phenoxy) is 1. The standard InChI is InChI=1S/C26H17BrCl2N2O6/c27-18-6-1-16(2-7-18)26(36)37-19-8-3-15(4-9-19)22(32)14-30(31-23(33)11-12-24(31)34)25(35)17-5-10-20(28)21(29)13-17/h1-10,13H,11-12,14H2. The molecule has 0 atom stereocenters. The average Bonchev–Trinajstić information content (AvgIpc) is 3.22. The maximum Gasteiger partial charge on any atom is 0.343 e. The fourth-order valence-corrected chi connectivity index (χ4v) is 4.10. The topological polar surface area (TPSA) is 101 Å². The van der Waals surface area contributed by atoms with E-state index in [4.69, 9.17) is 27.9 Å². The molecule has 0 radical (unpaired) electrons. The Morgan fingerprint density at radius 1 is 0.811 bits per heavy atom. The molecule has 1 aliphatic rings. The molecule has 0 unspecified atom stereocenters. The monoisotopic (exact) mass is 602 g/mol. The number of benzene rings is 3. The lowest BCUT2D eigenvalue weighted by molar-refractivity contribution is -0.152. The summed E-state index contributed by atoms with van der Waals surface area (Å²) in [6.07, 6.45) is -0.146. The van der Waals surface area contributed by atoms with Crippen LogP contribution in [0.1, 0.15) is 43.9 Å². The van der Waals surface area contributed by atoms with Crippen LogP contribution in [0, 0.1) is 0 Å². The van der Waals surface area contributed by atoms with Crippen molar-refractivity contribution in [1.29, 1.82) is 0 Å². The molecule has 11 heteroatoms. The number of imide groups is 1. The number of hydrogen-bond donors (Lipinski definition) is 0. The third-order valence-electron chi connectivity index (χ3n) is 5.43. The van der Waals surface area contributed by atoms with Crippen LogP contribution in [-0.4, -0.2) is 46.0 Å². The van der Waals surface area contributed by atoms with Crippen LogP contribution in [0.25, 0.3) is 0 Å². The second-order valence-corrected chi connectivity index (χ2v) is 9.67. The van der Waals surface area contributed by atoms with E-state index < -0.39 is 36.0 Å². The Balaban J connectivity index is 1.52. The molecule has 188 valence electrons. The summed E-state index contributed by atoms with van der Waals surface area (Å²) in [6, 6.07) is 16.4. The zero-order chi connectivity index (χ0) is 26.7. The minimum Gasteiger partial charge on any atom is -0.423 e. The number of amides is 3. The quantitative estimate of drug-likeness (QED) is 0.156. The predicted molar refractivity (Wildman–Crippen MR) is 138 cm³/mol. The molecule has 1 fully saturated rings. The van der Waals surface area contributed by atoms with Crippen LogP contribution in [0.5, 0.6) is 5.75 Å². The molecule has 1 saturated heterocycles. The van der Waals surface area contributed by atoms with E-state index >= 15 is 0 Å². The van der Waals surface area contributed by atoms with E-state index in [1.165, 1.54) is 42.5 Å². The molecule has 0 bridgehead atoms. The number of carbonyl (C=O) groups excluding carboxylic acids is 5. The van der Waals surface area contributed by atoms with Gasteiger partial charge in [-0.05, 0) is 66.7 Å². The van der Waals surface area contributed by atoms with Crippen molar-refractivity contribution in [1.82, 2.24) is 10.0 Å². The molecule has 1 aliphatic heterocycles. The highest BCUT2D eigenvalue weighted by Crippen LogP contribution is 2.25. The molecule has 0 spiro atoms. The molecule has 4 rings (SSSR count). The van der Waals surface area contributed by atoms with Gasteiger partial charge in [-0.3, -0.25) is 19.2 Å². The Kier molecular flexibility index (Phi) is 8.06. The molecule has 1 heterocycles. The minimum absolute atomic E-state index is 0.0462. The lowest BCUT2D eigenvalue weighted by atomic mass is 10.1. The van der Waals surface area contributed by atoms with Gasteiger partial charge in [-0.1, -0.05) is 39.1 Å². The number of hydrazine groups is 1. The maximum absolute atomic E-state index is 13.2. The molecular weight excluding hydrogens is 587 g/mol. The third-order valence-corrected chi connectivity index (χ3v) is 6.70. The number of esters is 1. The van der Waals surface area contributed by atoms with Gasteiger partial charge in [0.2, 0.25) is 11.8 Å². The first-order valence-electron chi connectivity index (χ1n) is 10.9. The van der Waals surface area contributed by atoms with Gasteiger partial charge >= 0.3 is 5.97 Å². The first-order valence-corrected chi connectivity index (χ1v) is 12.4.